The third kappa shape index (κ3) is 4.72. The molecule has 0 radical (unpaired) electrons. The van der Waals surface area contributed by atoms with E-state index in [4.69, 9.17) is 10.2 Å². The van der Waals surface area contributed by atoms with Crippen molar-refractivity contribution in [3.63, 3.8) is 0 Å². The monoisotopic (exact) mass is 272 g/mol. The minimum absolute atomic E-state index is 0.0137. The van der Waals surface area contributed by atoms with Gasteiger partial charge < -0.3 is 20.8 Å². The van der Waals surface area contributed by atoms with E-state index in [2.05, 4.69) is 10.6 Å². The van der Waals surface area contributed by atoms with Crippen molar-refractivity contribution < 1.29 is 19.8 Å². The molecule has 1 rings (SSSR count). The largest absolute Gasteiger partial charge is 0.479 e. The Hall–Kier alpha value is -1.60. The van der Waals surface area contributed by atoms with Gasteiger partial charge in [0.25, 0.3) is 0 Å². The first-order chi connectivity index (χ1) is 8.50. The van der Waals surface area contributed by atoms with Gasteiger partial charge in [-0.05, 0) is 28.8 Å². The quantitative estimate of drug-likeness (QED) is 0.612. The van der Waals surface area contributed by atoms with Crippen LogP contribution >= 0.6 is 11.3 Å². The first-order valence-electron chi connectivity index (χ1n) is 5.45. The average molecular weight is 272 g/mol. The Morgan fingerprint density at radius 2 is 2.11 bits per heavy atom. The van der Waals surface area contributed by atoms with Gasteiger partial charge in [-0.15, -0.1) is 0 Å². The van der Waals surface area contributed by atoms with Crippen LogP contribution in [0.5, 0.6) is 0 Å². The maximum Gasteiger partial charge on any atom is 0.332 e. The van der Waals surface area contributed by atoms with Crippen LogP contribution < -0.4 is 10.6 Å². The van der Waals surface area contributed by atoms with Crippen LogP contribution in [0, 0.1) is 6.92 Å². The zero-order valence-corrected chi connectivity index (χ0v) is 10.8. The number of carboxylic acid groups (broad SMARTS) is 1. The summed E-state index contributed by atoms with van der Waals surface area (Å²) in [6, 6.07) is -0.377. The van der Waals surface area contributed by atoms with Crippen molar-refractivity contribution in [3.05, 3.63) is 21.9 Å². The van der Waals surface area contributed by atoms with E-state index < -0.39 is 12.1 Å². The molecule has 0 unspecified atom stereocenters. The smallest absolute Gasteiger partial charge is 0.332 e. The van der Waals surface area contributed by atoms with Crippen molar-refractivity contribution >= 4 is 23.3 Å². The molecule has 0 aliphatic rings. The number of rotatable bonds is 6. The van der Waals surface area contributed by atoms with Gasteiger partial charge in [-0.2, -0.15) is 11.3 Å². The van der Waals surface area contributed by atoms with Crippen LogP contribution in [0.1, 0.15) is 17.5 Å². The summed E-state index contributed by atoms with van der Waals surface area (Å²) in [6.45, 7) is 2.51. The number of carbonyl (C=O) groups is 2. The van der Waals surface area contributed by atoms with Crippen molar-refractivity contribution in [2.45, 2.75) is 26.0 Å². The average Bonchev–Trinajstić information content (AvgIpc) is 2.72. The summed E-state index contributed by atoms with van der Waals surface area (Å²) in [6.07, 6.45) is -1.45. The third-order valence-electron chi connectivity index (χ3n) is 2.39. The molecule has 0 bridgehead atoms. The van der Waals surface area contributed by atoms with Crippen molar-refractivity contribution in [3.8, 4) is 0 Å². The van der Waals surface area contributed by atoms with Crippen LogP contribution in [0.15, 0.2) is 10.8 Å². The molecule has 1 heterocycles. The molecule has 0 aliphatic heterocycles. The summed E-state index contributed by atoms with van der Waals surface area (Å²) in [7, 11) is 0. The Morgan fingerprint density at radius 1 is 1.39 bits per heavy atom. The summed E-state index contributed by atoms with van der Waals surface area (Å²) in [5.41, 5.74) is 2.18. The Bertz CT molecular complexity index is 419. The lowest BCUT2D eigenvalue weighted by Gasteiger charge is -2.08. The molecule has 0 saturated heterocycles. The first kappa shape index (κ1) is 14.5. The van der Waals surface area contributed by atoms with E-state index in [1.54, 1.807) is 11.3 Å². The zero-order chi connectivity index (χ0) is 13.5. The third-order valence-corrected chi connectivity index (χ3v) is 3.30. The molecular weight excluding hydrogens is 256 g/mol. The van der Waals surface area contributed by atoms with Gasteiger partial charge in [0.05, 0.1) is 0 Å². The number of nitrogens with one attached hydrogen (secondary N) is 2. The van der Waals surface area contributed by atoms with Gasteiger partial charge in [-0.1, -0.05) is 0 Å². The molecule has 2 amide bonds. The highest BCUT2D eigenvalue weighted by atomic mass is 32.1. The Morgan fingerprint density at radius 3 is 2.67 bits per heavy atom. The number of carboxylic acids is 1. The molecule has 1 aromatic rings. The first-order valence-corrected chi connectivity index (χ1v) is 6.39. The fourth-order valence-corrected chi connectivity index (χ4v) is 2.11. The molecule has 6 nitrogen and oxygen atoms in total. The molecule has 4 N–H and O–H groups in total. The minimum atomic E-state index is -1.44. The molecule has 100 valence electrons. The minimum Gasteiger partial charge on any atom is -0.479 e. The number of thiophene rings is 1. The number of aliphatic carboxylic acids is 1. The van der Waals surface area contributed by atoms with Crippen molar-refractivity contribution in [1.29, 1.82) is 0 Å². The van der Waals surface area contributed by atoms with Crippen LogP contribution in [0.3, 0.4) is 0 Å². The van der Waals surface area contributed by atoms with Gasteiger partial charge >= 0.3 is 12.0 Å². The van der Waals surface area contributed by atoms with Gasteiger partial charge in [0.15, 0.2) is 6.10 Å². The zero-order valence-electron chi connectivity index (χ0n) is 9.97. The highest BCUT2D eigenvalue weighted by Gasteiger charge is 2.12. The number of hydrogen-bond donors (Lipinski definition) is 4. The second-order valence-electron chi connectivity index (χ2n) is 3.83. The van der Waals surface area contributed by atoms with E-state index in [1.165, 1.54) is 0 Å². The number of aryl methyl sites for hydroxylation is 1. The lowest BCUT2D eigenvalue weighted by Crippen LogP contribution is -2.37. The van der Waals surface area contributed by atoms with Crippen LogP contribution in [-0.2, 0) is 11.3 Å². The Kier molecular flexibility index (Phi) is 5.60. The van der Waals surface area contributed by atoms with E-state index in [1.807, 2.05) is 17.7 Å². The van der Waals surface area contributed by atoms with Gasteiger partial charge in [-0.3, -0.25) is 0 Å². The standard InChI is InChI=1S/C11H16N2O4S/c1-7-5-18-6-8(7)4-13-11(17)12-3-2-9(14)10(15)16/h5-6,9,14H,2-4H2,1H3,(H,15,16)(H2,12,13,17)/t9-/m0/s1. The fraction of sp³-hybridized carbons (Fsp3) is 0.455. The Balaban J connectivity index is 2.19. The van der Waals surface area contributed by atoms with Crippen LogP contribution in [0.25, 0.3) is 0 Å². The summed E-state index contributed by atoms with van der Waals surface area (Å²) >= 11 is 1.57. The topological polar surface area (TPSA) is 98.7 Å². The Labute approximate surface area is 109 Å². The number of urea groups is 1. The second-order valence-corrected chi connectivity index (χ2v) is 4.58. The van der Waals surface area contributed by atoms with E-state index >= 15 is 0 Å². The van der Waals surface area contributed by atoms with Crippen molar-refractivity contribution in [2.75, 3.05) is 6.54 Å². The summed E-state index contributed by atoms with van der Waals surface area (Å²) < 4.78 is 0. The van der Waals surface area contributed by atoms with Gasteiger partial charge in [0.2, 0.25) is 0 Å². The van der Waals surface area contributed by atoms with E-state index in [0.717, 1.165) is 11.1 Å². The molecule has 1 aromatic heterocycles. The lowest BCUT2D eigenvalue weighted by molar-refractivity contribution is -0.146. The predicted molar refractivity (Wildman–Crippen MR) is 67.6 cm³/mol. The number of carbonyl (C=O) groups excluding carboxylic acids is 1. The molecule has 7 heteroatoms. The van der Waals surface area contributed by atoms with Crippen LogP contribution in [0.2, 0.25) is 0 Å². The number of aliphatic hydroxyl groups excluding tert-OH is 1. The normalized spacial score (nSPS) is 11.9. The maximum atomic E-state index is 11.4. The summed E-state index contributed by atoms with van der Waals surface area (Å²) in [5, 5.41) is 26.5. The number of aliphatic hydroxyl groups is 1. The molecule has 18 heavy (non-hydrogen) atoms. The molecule has 1 atom stereocenters. The van der Waals surface area contributed by atoms with E-state index in [9.17, 15) is 9.59 Å². The van der Waals surface area contributed by atoms with Crippen molar-refractivity contribution in [1.82, 2.24) is 10.6 Å². The van der Waals surface area contributed by atoms with Gasteiger partial charge in [-0.25, -0.2) is 9.59 Å². The summed E-state index contributed by atoms with van der Waals surface area (Å²) in [5.74, 6) is -1.29. The van der Waals surface area contributed by atoms with E-state index in [-0.39, 0.29) is 19.0 Å². The second kappa shape index (κ2) is 6.97. The molecular formula is C11H16N2O4S. The van der Waals surface area contributed by atoms with Crippen LogP contribution in [-0.4, -0.2) is 34.9 Å². The van der Waals surface area contributed by atoms with Gasteiger partial charge in [0, 0.05) is 19.5 Å². The van der Waals surface area contributed by atoms with Crippen LogP contribution in [0.4, 0.5) is 4.79 Å². The molecule has 0 fully saturated rings. The fourth-order valence-electron chi connectivity index (χ4n) is 1.25. The highest BCUT2D eigenvalue weighted by Crippen LogP contribution is 2.12. The maximum absolute atomic E-state index is 11.4. The number of hydrogen-bond acceptors (Lipinski definition) is 4. The molecule has 0 aromatic carbocycles. The number of amides is 2. The SMILES string of the molecule is Cc1cscc1CNC(=O)NCC[C@H](O)C(=O)O. The lowest BCUT2D eigenvalue weighted by atomic mass is 10.2. The summed E-state index contributed by atoms with van der Waals surface area (Å²) in [4.78, 5) is 21.7. The molecule has 0 saturated carbocycles. The van der Waals surface area contributed by atoms with Crippen molar-refractivity contribution in [2.24, 2.45) is 0 Å². The highest BCUT2D eigenvalue weighted by molar-refractivity contribution is 7.08. The van der Waals surface area contributed by atoms with E-state index in [0.29, 0.717) is 6.54 Å². The molecule has 0 aliphatic carbocycles. The molecule has 0 spiro atoms. The van der Waals surface area contributed by atoms with Gasteiger partial charge in [0.1, 0.15) is 0 Å². The predicted octanol–water partition coefficient (Wildman–Crippen LogP) is 0.691.